The molecule has 0 amide bonds. The molecule has 3 nitrogen and oxygen atoms in total. The van der Waals surface area contributed by atoms with E-state index in [-0.39, 0.29) is 5.82 Å². The third kappa shape index (κ3) is 3.78. The summed E-state index contributed by atoms with van der Waals surface area (Å²) in [5.41, 5.74) is 1.46. The first-order valence-electron chi connectivity index (χ1n) is 6.79. The summed E-state index contributed by atoms with van der Waals surface area (Å²) in [6.07, 6.45) is 2.65. The molecule has 0 spiro atoms. The number of ether oxygens (including phenoxy) is 1. The Morgan fingerprint density at radius 3 is 2.80 bits per heavy atom. The Balaban J connectivity index is 2.17. The molecule has 1 aromatic heterocycles. The highest BCUT2D eigenvalue weighted by atomic mass is 19.1. The van der Waals surface area contributed by atoms with Gasteiger partial charge in [0.2, 0.25) is 0 Å². The van der Waals surface area contributed by atoms with Gasteiger partial charge < -0.3 is 10.1 Å². The number of halogens is 1. The number of hydrogen-bond acceptors (Lipinski definition) is 3. The Labute approximate surface area is 118 Å². The zero-order valence-electron chi connectivity index (χ0n) is 11.8. The first-order chi connectivity index (χ1) is 9.70. The number of aryl methyl sites for hydroxylation is 1. The van der Waals surface area contributed by atoms with Crippen LogP contribution in [-0.4, -0.2) is 11.5 Å². The molecule has 1 aromatic carbocycles. The highest BCUT2D eigenvalue weighted by Gasteiger charge is 2.10. The monoisotopic (exact) mass is 274 g/mol. The molecule has 2 rings (SSSR count). The summed E-state index contributed by atoms with van der Waals surface area (Å²) in [4.78, 5) is 4.17. The molecule has 0 atom stereocenters. The topological polar surface area (TPSA) is 34.1 Å². The summed E-state index contributed by atoms with van der Waals surface area (Å²) in [6.45, 7) is 5.28. The second-order valence-electron chi connectivity index (χ2n) is 4.63. The van der Waals surface area contributed by atoms with E-state index in [9.17, 15) is 4.39 Å². The number of nitrogens with zero attached hydrogens (tertiary/aromatic N) is 1. The number of hydrogen-bond donors (Lipinski definition) is 1. The third-order valence-electron chi connectivity index (χ3n) is 2.92. The summed E-state index contributed by atoms with van der Waals surface area (Å²) in [7, 11) is 0. The second kappa shape index (κ2) is 7.01. The van der Waals surface area contributed by atoms with Crippen LogP contribution in [0.2, 0.25) is 0 Å². The molecule has 106 valence electrons. The normalized spacial score (nSPS) is 10.6. The lowest BCUT2D eigenvalue weighted by Gasteiger charge is -2.12. The van der Waals surface area contributed by atoms with Crippen LogP contribution in [0.3, 0.4) is 0 Å². The van der Waals surface area contributed by atoms with E-state index in [1.165, 1.54) is 6.07 Å². The van der Waals surface area contributed by atoms with Gasteiger partial charge in [-0.3, -0.25) is 4.98 Å². The van der Waals surface area contributed by atoms with Gasteiger partial charge in [-0.2, -0.15) is 0 Å². The Morgan fingerprint density at radius 2 is 2.10 bits per heavy atom. The van der Waals surface area contributed by atoms with Crippen molar-refractivity contribution in [3.05, 3.63) is 53.6 Å². The molecule has 0 unspecified atom stereocenters. The van der Waals surface area contributed by atoms with Gasteiger partial charge in [0.1, 0.15) is 17.3 Å². The van der Waals surface area contributed by atoms with E-state index in [1.54, 1.807) is 18.3 Å². The Kier molecular flexibility index (Phi) is 5.07. The number of pyridine rings is 1. The molecule has 0 saturated carbocycles. The fraction of sp³-hybridized carbons (Fsp3) is 0.312. The molecule has 0 fully saturated rings. The van der Waals surface area contributed by atoms with Gasteiger partial charge in [-0.25, -0.2) is 4.39 Å². The average Bonchev–Trinajstić information content (AvgIpc) is 2.44. The van der Waals surface area contributed by atoms with Crippen molar-refractivity contribution in [1.82, 2.24) is 10.3 Å². The maximum atomic E-state index is 13.9. The predicted molar refractivity (Wildman–Crippen MR) is 77.4 cm³/mol. The van der Waals surface area contributed by atoms with Crippen LogP contribution in [0.15, 0.2) is 36.5 Å². The quantitative estimate of drug-likeness (QED) is 0.813. The van der Waals surface area contributed by atoms with E-state index < -0.39 is 0 Å². The summed E-state index contributed by atoms with van der Waals surface area (Å²) in [6, 6.07) is 8.56. The van der Waals surface area contributed by atoms with Crippen molar-refractivity contribution in [1.29, 1.82) is 0 Å². The lowest BCUT2D eigenvalue weighted by atomic mass is 10.2. The number of benzene rings is 1. The molecule has 1 N–H and O–H groups in total. The lowest BCUT2D eigenvalue weighted by Crippen LogP contribution is -2.15. The van der Waals surface area contributed by atoms with E-state index in [0.717, 1.165) is 18.7 Å². The van der Waals surface area contributed by atoms with Crippen LogP contribution in [0, 0.1) is 12.7 Å². The van der Waals surface area contributed by atoms with Gasteiger partial charge in [0, 0.05) is 17.8 Å². The van der Waals surface area contributed by atoms with E-state index in [2.05, 4.69) is 17.2 Å². The van der Waals surface area contributed by atoms with Crippen LogP contribution in [0.4, 0.5) is 4.39 Å². The zero-order chi connectivity index (χ0) is 14.4. The van der Waals surface area contributed by atoms with E-state index in [0.29, 0.717) is 23.6 Å². The molecule has 2 aromatic rings. The average molecular weight is 274 g/mol. The lowest BCUT2D eigenvalue weighted by molar-refractivity contribution is 0.459. The van der Waals surface area contributed by atoms with Gasteiger partial charge in [-0.05, 0) is 44.2 Å². The van der Waals surface area contributed by atoms with Crippen LogP contribution in [-0.2, 0) is 6.54 Å². The Bertz CT molecular complexity index is 555. The molecular weight excluding hydrogens is 255 g/mol. The fourth-order valence-electron chi connectivity index (χ4n) is 1.84. The van der Waals surface area contributed by atoms with Crippen molar-refractivity contribution < 1.29 is 9.13 Å². The maximum absolute atomic E-state index is 13.9. The van der Waals surface area contributed by atoms with Crippen LogP contribution >= 0.6 is 0 Å². The Morgan fingerprint density at radius 1 is 1.25 bits per heavy atom. The molecule has 0 aliphatic heterocycles. The summed E-state index contributed by atoms with van der Waals surface area (Å²) in [5, 5.41) is 3.19. The largest absolute Gasteiger partial charge is 0.455 e. The molecule has 0 saturated heterocycles. The van der Waals surface area contributed by atoms with Crippen LogP contribution < -0.4 is 10.1 Å². The maximum Gasteiger partial charge on any atom is 0.145 e. The standard InChI is InChI=1S/C16H19FN2O/c1-3-9-18-11-14-15(17)5-4-6-16(14)20-13-8-7-12(2)19-10-13/h4-8,10,18H,3,9,11H2,1-2H3. The highest BCUT2D eigenvalue weighted by Crippen LogP contribution is 2.26. The van der Waals surface area contributed by atoms with Crippen molar-refractivity contribution in [3.8, 4) is 11.5 Å². The van der Waals surface area contributed by atoms with Gasteiger partial charge in [0.25, 0.3) is 0 Å². The highest BCUT2D eigenvalue weighted by molar-refractivity contribution is 5.38. The molecule has 0 aliphatic rings. The molecule has 4 heteroatoms. The van der Waals surface area contributed by atoms with Crippen molar-refractivity contribution in [2.75, 3.05) is 6.54 Å². The van der Waals surface area contributed by atoms with Crippen LogP contribution in [0.1, 0.15) is 24.6 Å². The minimum absolute atomic E-state index is 0.258. The number of nitrogens with one attached hydrogen (secondary N) is 1. The van der Waals surface area contributed by atoms with E-state index in [4.69, 9.17) is 4.74 Å². The van der Waals surface area contributed by atoms with Crippen molar-refractivity contribution in [2.45, 2.75) is 26.8 Å². The SMILES string of the molecule is CCCNCc1c(F)cccc1Oc1ccc(C)nc1. The summed E-state index contributed by atoms with van der Waals surface area (Å²) >= 11 is 0. The molecule has 0 bridgehead atoms. The molecule has 0 aliphatic carbocycles. The number of rotatable bonds is 6. The van der Waals surface area contributed by atoms with Crippen molar-refractivity contribution >= 4 is 0 Å². The van der Waals surface area contributed by atoms with Gasteiger partial charge in [0.05, 0.1) is 6.20 Å². The van der Waals surface area contributed by atoms with Gasteiger partial charge in [-0.1, -0.05) is 13.0 Å². The third-order valence-corrected chi connectivity index (χ3v) is 2.92. The minimum Gasteiger partial charge on any atom is -0.455 e. The zero-order valence-corrected chi connectivity index (χ0v) is 11.8. The van der Waals surface area contributed by atoms with E-state index >= 15 is 0 Å². The molecule has 0 radical (unpaired) electrons. The minimum atomic E-state index is -0.258. The smallest absolute Gasteiger partial charge is 0.145 e. The van der Waals surface area contributed by atoms with Crippen LogP contribution in [0.25, 0.3) is 0 Å². The van der Waals surface area contributed by atoms with Gasteiger partial charge in [0.15, 0.2) is 0 Å². The van der Waals surface area contributed by atoms with Crippen LogP contribution in [0.5, 0.6) is 11.5 Å². The van der Waals surface area contributed by atoms with Crippen molar-refractivity contribution in [2.24, 2.45) is 0 Å². The number of aromatic nitrogens is 1. The first-order valence-corrected chi connectivity index (χ1v) is 6.79. The van der Waals surface area contributed by atoms with Gasteiger partial charge >= 0.3 is 0 Å². The molecular formula is C16H19FN2O. The van der Waals surface area contributed by atoms with Gasteiger partial charge in [-0.15, -0.1) is 0 Å². The predicted octanol–water partition coefficient (Wildman–Crippen LogP) is 3.82. The van der Waals surface area contributed by atoms with Crippen molar-refractivity contribution in [3.63, 3.8) is 0 Å². The fourth-order valence-corrected chi connectivity index (χ4v) is 1.84. The first kappa shape index (κ1) is 14.5. The summed E-state index contributed by atoms with van der Waals surface area (Å²) in [5.74, 6) is 0.878. The van der Waals surface area contributed by atoms with E-state index in [1.807, 2.05) is 19.1 Å². The second-order valence-corrected chi connectivity index (χ2v) is 4.63. The molecule has 1 heterocycles. The summed E-state index contributed by atoms with van der Waals surface area (Å²) < 4.78 is 19.6. The Hall–Kier alpha value is -1.94. The molecule has 20 heavy (non-hydrogen) atoms.